The highest BCUT2D eigenvalue weighted by Crippen LogP contribution is 2.40. The van der Waals surface area contributed by atoms with E-state index in [1.165, 1.54) is 0 Å². The van der Waals surface area contributed by atoms with Crippen molar-refractivity contribution in [2.45, 2.75) is 38.8 Å². The van der Waals surface area contributed by atoms with Crippen LogP contribution < -0.4 is 4.90 Å². The van der Waals surface area contributed by atoms with Crippen molar-refractivity contribution in [3.8, 4) is 0 Å². The molecule has 0 radical (unpaired) electrons. The van der Waals surface area contributed by atoms with Gasteiger partial charge in [-0.25, -0.2) is 0 Å². The summed E-state index contributed by atoms with van der Waals surface area (Å²) in [5.74, 6) is -1.46. The third-order valence-electron chi connectivity index (χ3n) is 6.96. The molecule has 3 heterocycles. The third-order valence-corrected chi connectivity index (χ3v) is 6.96. The van der Waals surface area contributed by atoms with Crippen LogP contribution in [-0.2, 0) is 9.53 Å². The first-order chi connectivity index (χ1) is 17.0. The molecule has 2 aliphatic rings. The Morgan fingerprint density at radius 2 is 1.86 bits per heavy atom. The lowest BCUT2D eigenvalue weighted by Gasteiger charge is -2.29. The number of Topliss-reactive ketones (excluding diaryl/α,β-unsaturated/α-hetero) is 1. The summed E-state index contributed by atoms with van der Waals surface area (Å²) >= 11 is 0. The predicted molar refractivity (Wildman–Crippen MR) is 134 cm³/mol. The van der Waals surface area contributed by atoms with Crippen LogP contribution in [0.5, 0.6) is 0 Å². The van der Waals surface area contributed by atoms with Crippen molar-refractivity contribution in [3.05, 3.63) is 77.3 Å². The molecule has 1 saturated heterocycles. The molecule has 2 atom stereocenters. The minimum Gasteiger partial charge on any atom is -0.503 e. The maximum atomic E-state index is 13.7. The normalized spacial score (nSPS) is 20.3. The Bertz CT molecular complexity index is 1230. The molecule has 0 aliphatic carbocycles. The number of carbonyl (C=O) groups is 2. The van der Waals surface area contributed by atoms with Gasteiger partial charge in [0.1, 0.15) is 5.58 Å². The average molecular weight is 475 g/mol. The van der Waals surface area contributed by atoms with Gasteiger partial charge in [0.25, 0.3) is 5.91 Å². The van der Waals surface area contributed by atoms with Gasteiger partial charge >= 0.3 is 0 Å². The maximum absolute atomic E-state index is 13.7. The number of ether oxygens (including phenoxy) is 1. The van der Waals surface area contributed by atoms with E-state index in [9.17, 15) is 14.7 Å². The second kappa shape index (κ2) is 9.58. The van der Waals surface area contributed by atoms with Crippen molar-refractivity contribution in [2.75, 3.05) is 31.1 Å². The van der Waals surface area contributed by atoms with Crippen LogP contribution in [0.2, 0.25) is 0 Å². The van der Waals surface area contributed by atoms with Crippen molar-refractivity contribution in [1.82, 2.24) is 4.90 Å². The first-order valence-corrected chi connectivity index (χ1v) is 12.3. The van der Waals surface area contributed by atoms with Crippen molar-refractivity contribution in [3.63, 3.8) is 0 Å². The van der Waals surface area contributed by atoms with E-state index in [2.05, 4.69) is 18.7 Å². The molecular weight excluding hydrogens is 444 g/mol. The molecule has 7 heteroatoms. The molecule has 3 aromatic rings. The molecule has 1 fully saturated rings. The molecule has 2 unspecified atom stereocenters. The van der Waals surface area contributed by atoms with E-state index in [0.29, 0.717) is 18.7 Å². The van der Waals surface area contributed by atoms with Crippen LogP contribution in [0, 0.1) is 0 Å². The van der Waals surface area contributed by atoms with Gasteiger partial charge in [0.05, 0.1) is 17.7 Å². The number of amides is 1. The topological polar surface area (TPSA) is 83.2 Å². The number of aliphatic hydroxyl groups is 1. The molecular formula is C28H30N2O5. The molecule has 0 bridgehead atoms. The zero-order chi connectivity index (χ0) is 24.5. The Morgan fingerprint density at radius 1 is 1.11 bits per heavy atom. The number of nitrogens with zero attached hydrogens (tertiary/aromatic N) is 2. The van der Waals surface area contributed by atoms with Gasteiger partial charge in [-0.3, -0.25) is 9.59 Å². The third kappa shape index (κ3) is 4.21. The van der Waals surface area contributed by atoms with E-state index in [4.69, 9.17) is 9.15 Å². The highest BCUT2D eigenvalue weighted by Gasteiger charge is 2.45. The molecule has 2 aliphatic heterocycles. The number of fused-ring (bicyclic) bond motifs is 1. The highest BCUT2D eigenvalue weighted by atomic mass is 16.5. The van der Waals surface area contributed by atoms with E-state index in [0.717, 1.165) is 42.6 Å². The lowest BCUT2D eigenvalue weighted by atomic mass is 9.94. The summed E-state index contributed by atoms with van der Waals surface area (Å²) in [5.41, 5.74) is 2.45. The minimum absolute atomic E-state index is 0.0441. The largest absolute Gasteiger partial charge is 0.503 e. The number of furan rings is 1. The molecule has 0 spiro atoms. The molecule has 2 aromatic carbocycles. The Morgan fingerprint density at radius 3 is 2.51 bits per heavy atom. The number of rotatable bonds is 8. The standard InChI is InChI=1S/C28H30N2O5/c1-3-29(4-2)20-13-11-18(12-14-20)25-24(26(31)23-16-19-8-5-6-10-22(19)35-23)27(32)28(33)30(25)17-21-9-7-15-34-21/h5-6,8,10-14,16,21,25,32H,3-4,7,9,15,17H2,1-2H3. The number of ketones is 1. The summed E-state index contributed by atoms with van der Waals surface area (Å²) in [6.45, 7) is 6.91. The van der Waals surface area contributed by atoms with Crippen molar-refractivity contribution < 1.29 is 23.8 Å². The number of aliphatic hydroxyl groups excluding tert-OH is 1. The maximum Gasteiger partial charge on any atom is 0.290 e. The van der Waals surface area contributed by atoms with E-state index in [1.807, 2.05) is 42.5 Å². The Hall–Kier alpha value is -3.58. The molecule has 1 aromatic heterocycles. The minimum atomic E-state index is -0.724. The van der Waals surface area contributed by atoms with Gasteiger partial charge in [0.2, 0.25) is 5.78 Å². The van der Waals surface area contributed by atoms with Gasteiger partial charge in [0.15, 0.2) is 11.5 Å². The SMILES string of the molecule is CCN(CC)c1ccc(C2C(C(=O)c3cc4ccccc4o3)=C(O)C(=O)N2CC2CCCO2)cc1. The van der Waals surface area contributed by atoms with Crippen molar-refractivity contribution in [1.29, 1.82) is 0 Å². The van der Waals surface area contributed by atoms with Gasteiger partial charge in [-0.05, 0) is 56.5 Å². The molecule has 182 valence electrons. The first-order valence-electron chi connectivity index (χ1n) is 12.3. The van der Waals surface area contributed by atoms with Crippen molar-refractivity contribution in [2.24, 2.45) is 0 Å². The van der Waals surface area contributed by atoms with Crippen LogP contribution in [-0.4, -0.2) is 54.0 Å². The highest BCUT2D eigenvalue weighted by molar-refractivity contribution is 6.16. The molecule has 1 N–H and O–H groups in total. The van der Waals surface area contributed by atoms with Crippen molar-refractivity contribution >= 4 is 28.3 Å². The second-order valence-electron chi connectivity index (χ2n) is 9.00. The Kier molecular flexibility index (Phi) is 6.34. The second-order valence-corrected chi connectivity index (χ2v) is 9.00. The smallest absolute Gasteiger partial charge is 0.290 e. The van der Waals surface area contributed by atoms with Crippen LogP contribution in [0.1, 0.15) is 48.8 Å². The van der Waals surface area contributed by atoms with E-state index < -0.39 is 23.5 Å². The molecule has 1 amide bonds. The fourth-order valence-corrected chi connectivity index (χ4v) is 5.11. The van der Waals surface area contributed by atoms with E-state index >= 15 is 0 Å². The molecule has 5 rings (SSSR count). The number of para-hydroxylation sites is 1. The Balaban J connectivity index is 1.55. The van der Waals surface area contributed by atoms with Crippen LogP contribution in [0.3, 0.4) is 0 Å². The summed E-state index contributed by atoms with van der Waals surface area (Å²) in [6.07, 6.45) is 1.65. The molecule has 35 heavy (non-hydrogen) atoms. The summed E-state index contributed by atoms with van der Waals surface area (Å²) in [5, 5.41) is 11.7. The monoisotopic (exact) mass is 474 g/mol. The molecule has 0 saturated carbocycles. The van der Waals surface area contributed by atoms with Gasteiger partial charge < -0.3 is 24.1 Å². The van der Waals surface area contributed by atoms with E-state index in [-0.39, 0.29) is 17.4 Å². The van der Waals surface area contributed by atoms with Crippen LogP contribution in [0.25, 0.3) is 11.0 Å². The lowest BCUT2D eigenvalue weighted by Crippen LogP contribution is -2.37. The van der Waals surface area contributed by atoms with Gasteiger partial charge in [-0.1, -0.05) is 30.3 Å². The number of anilines is 1. The summed E-state index contributed by atoms with van der Waals surface area (Å²) in [6, 6.07) is 16.1. The first kappa shape index (κ1) is 23.2. The van der Waals surface area contributed by atoms with Crippen LogP contribution >= 0.6 is 0 Å². The average Bonchev–Trinajstić information content (AvgIpc) is 3.60. The number of benzene rings is 2. The zero-order valence-electron chi connectivity index (χ0n) is 20.1. The van der Waals surface area contributed by atoms with E-state index in [1.54, 1.807) is 17.0 Å². The number of carbonyl (C=O) groups excluding carboxylic acids is 2. The summed E-state index contributed by atoms with van der Waals surface area (Å²) in [7, 11) is 0. The Labute approximate surface area is 204 Å². The van der Waals surface area contributed by atoms with Gasteiger partial charge in [-0.2, -0.15) is 0 Å². The molecule has 7 nitrogen and oxygen atoms in total. The zero-order valence-corrected chi connectivity index (χ0v) is 20.1. The predicted octanol–water partition coefficient (Wildman–Crippen LogP) is 5.04. The van der Waals surface area contributed by atoms with Gasteiger partial charge in [0, 0.05) is 37.3 Å². The number of hydrogen-bond donors (Lipinski definition) is 1. The van der Waals surface area contributed by atoms with Crippen LogP contribution in [0.15, 0.2) is 70.3 Å². The van der Waals surface area contributed by atoms with Gasteiger partial charge in [-0.15, -0.1) is 0 Å². The lowest BCUT2D eigenvalue weighted by molar-refractivity contribution is -0.131. The summed E-state index contributed by atoms with van der Waals surface area (Å²) in [4.78, 5) is 30.7. The number of hydrogen-bond acceptors (Lipinski definition) is 6. The summed E-state index contributed by atoms with van der Waals surface area (Å²) < 4.78 is 11.6. The van der Waals surface area contributed by atoms with Crippen LogP contribution in [0.4, 0.5) is 5.69 Å². The fourth-order valence-electron chi connectivity index (χ4n) is 5.11. The fraction of sp³-hybridized carbons (Fsp3) is 0.357. The quantitative estimate of drug-likeness (QED) is 0.461.